The van der Waals surface area contributed by atoms with Crippen LogP contribution in [-0.4, -0.2) is 29.8 Å². The lowest BCUT2D eigenvalue weighted by Crippen LogP contribution is -2.29. The molecule has 2 aromatic rings. The normalized spacial score (nSPS) is 14.7. The predicted molar refractivity (Wildman–Crippen MR) is 93.4 cm³/mol. The number of carboxylic acids is 1. The van der Waals surface area contributed by atoms with Crippen LogP contribution >= 0.6 is 0 Å². The fourth-order valence-electron chi connectivity index (χ4n) is 3.28. The Morgan fingerprint density at radius 2 is 1.72 bits per heavy atom. The third-order valence-electron chi connectivity index (χ3n) is 4.44. The molecule has 0 aromatic heterocycles. The Morgan fingerprint density at radius 3 is 2.24 bits per heavy atom. The lowest BCUT2D eigenvalue weighted by molar-refractivity contribution is -0.251. The quantitative estimate of drug-likeness (QED) is 0.648. The average molecular weight is 338 g/mol. The molecule has 25 heavy (non-hydrogen) atoms. The molecule has 5 nitrogen and oxygen atoms in total. The van der Waals surface area contributed by atoms with Gasteiger partial charge in [-0.1, -0.05) is 61.9 Å². The van der Waals surface area contributed by atoms with Gasteiger partial charge in [-0.15, -0.1) is 0 Å². The summed E-state index contributed by atoms with van der Waals surface area (Å²) in [4.78, 5) is 14.8. The van der Waals surface area contributed by atoms with Gasteiger partial charge in [-0.3, -0.25) is 4.99 Å². The van der Waals surface area contributed by atoms with Gasteiger partial charge in [0.05, 0.1) is 0 Å². The van der Waals surface area contributed by atoms with Crippen molar-refractivity contribution in [1.29, 1.82) is 0 Å². The van der Waals surface area contributed by atoms with Gasteiger partial charge in [0.2, 0.25) is 0 Å². The number of fused-ring (bicyclic) bond motifs is 3. The zero-order valence-electron chi connectivity index (χ0n) is 14.0. The highest BCUT2D eigenvalue weighted by Gasteiger charge is 2.26. The average Bonchev–Trinajstić information content (AvgIpc) is 2.93. The second-order valence-electron chi connectivity index (χ2n) is 6.08. The molecule has 130 valence electrons. The summed E-state index contributed by atoms with van der Waals surface area (Å²) in [7, 11) is 0. The van der Waals surface area contributed by atoms with E-state index in [0.29, 0.717) is 12.8 Å². The van der Waals surface area contributed by atoms with E-state index in [2.05, 4.69) is 17.1 Å². The van der Waals surface area contributed by atoms with Crippen LogP contribution in [0.3, 0.4) is 0 Å². The molecule has 0 aliphatic heterocycles. The number of hydrogen-bond donors (Lipinski definition) is 1. The van der Waals surface area contributed by atoms with Crippen molar-refractivity contribution in [3.8, 4) is 11.1 Å². The summed E-state index contributed by atoms with van der Waals surface area (Å²) in [5.41, 5.74) is 4.51. The lowest BCUT2D eigenvalue weighted by atomic mass is 9.98. The summed E-state index contributed by atoms with van der Waals surface area (Å²) in [6.07, 6.45) is 0.138. The van der Waals surface area contributed by atoms with Crippen LogP contribution in [-0.2, 0) is 9.53 Å². The summed E-state index contributed by atoms with van der Waals surface area (Å²) in [5.74, 6) is -1.16. The van der Waals surface area contributed by atoms with Crippen molar-refractivity contribution in [3.63, 3.8) is 0 Å². The van der Waals surface area contributed by atoms with E-state index in [1.807, 2.05) is 43.3 Å². The molecule has 0 spiro atoms. The Kier molecular flexibility index (Phi) is 5.03. The number of aliphatic carboxylic acids is 1. The van der Waals surface area contributed by atoms with Crippen LogP contribution in [0.2, 0.25) is 0 Å². The number of aliphatic imine (C=N–C) groups is 1. The van der Waals surface area contributed by atoms with Crippen molar-refractivity contribution in [2.45, 2.75) is 31.7 Å². The summed E-state index contributed by atoms with van der Waals surface area (Å²) in [5, 5.41) is 21.1. The minimum atomic E-state index is -1.10. The van der Waals surface area contributed by atoms with Crippen LogP contribution < -0.4 is 5.11 Å². The fraction of sp³-hybridized carbons (Fsp3) is 0.300. The largest absolute Gasteiger partial charge is 0.599 e. The highest BCUT2D eigenvalue weighted by Crippen LogP contribution is 2.44. The first-order valence-corrected chi connectivity index (χ1v) is 8.40. The molecule has 2 aromatic carbocycles. The van der Waals surface area contributed by atoms with Gasteiger partial charge in [-0.2, -0.15) is 0 Å². The maximum atomic E-state index is 12.0. The van der Waals surface area contributed by atoms with Crippen molar-refractivity contribution in [3.05, 3.63) is 59.7 Å². The van der Waals surface area contributed by atoms with Gasteiger partial charge in [0, 0.05) is 12.5 Å². The van der Waals surface area contributed by atoms with Crippen LogP contribution in [0.25, 0.3) is 11.1 Å². The van der Waals surface area contributed by atoms with Crippen LogP contribution in [0.4, 0.5) is 0 Å². The molecule has 0 saturated heterocycles. The monoisotopic (exact) mass is 338 g/mol. The molecule has 1 aliphatic carbocycles. The number of nitrogens with zero attached hydrogens (tertiary/aromatic N) is 1. The van der Waals surface area contributed by atoms with Crippen molar-refractivity contribution >= 4 is 12.1 Å². The van der Waals surface area contributed by atoms with E-state index in [0.717, 1.165) is 22.3 Å². The second-order valence-corrected chi connectivity index (χ2v) is 6.08. The molecule has 0 heterocycles. The van der Waals surface area contributed by atoms with Gasteiger partial charge >= 0.3 is 5.97 Å². The SMILES string of the molecule is CCC[C@H](N=C([O-])OCC1c2ccccc2-c2ccccc21)C(=O)O. The molecule has 0 amide bonds. The molecular formula is C20H20NO4-. The van der Waals surface area contributed by atoms with Gasteiger partial charge in [-0.05, 0) is 28.7 Å². The van der Waals surface area contributed by atoms with E-state index in [1.54, 1.807) is 0 Å². The minimum Gasteiger partial charge on any atom is -0.599 e. The molecule has 0 radical (unpaired) electrons. The molecule has 0 unspecified atom stereocenters. The molecule has 1 atom stereocenters. The van der Waals surface area contributed by atoms with Crippen molar-refractivity contribution in [1.82, 2.24) is 0 Å². The highest BCUT2D eigenvalue weighted by atomic mass is 16.6. The molecular weight excluding hydrogens is 318 g/mol. The predicted octanol–water partition coefficient (Wildman–Crippen LogP) is 2.79. The number of benzene rings is 2. The lowest BCUT2D eigenvalue weighted by Gasteiger charge is -2.21. The number of carbonyl (C=O) groups is 1. The van der Waals surface area contributed by atoms with E-state index in [9.17, 15) is 9.90 Å². The van der Waals surface area contributed by atoms with E-state index in [1.165, 1.54) is 0 Å². The van der Waals surface area contributed by atoms with Gasteiger partial charge < -0.3 is 14.9 Å². The molecule has 0 saturated carbocycles. The number of rotatable bonds is 6. The molecule has 0 bridgehead atoms. The first-order valence-electron chi connectivity index (χ1n) is 8.40. The topological polar surface area (TPSA) is 82.0 Å². The zero-order valence-corrected chi connectivity index (χ0v) is 14.0. The van der Waals surface area contributed by atoms with E-state index < -0.39 is 18.1 Å². The Balaban J connectivity index is 1.78. The van der Waals surface area contributed by atoms with Crippen molar-refractivity contribution in [2.24, 2.45) is 4.99 Å². The number of carboxylic acid groups (broad SMARTS) is 1. The maximum Gasteiger partial charge on any atom is 0.328 e. The van der Waals surface area contributed by atoms with Crippen LogP contribution in [0.1, 0.15) is 36.8 Å². The van der Waals surface area contributed by atoms with Crippen LogP contribution in [0, 0.1) is 0 Å². The summed E-state index contributed by atoms with van der Waals surface area (Å²) in [6, 6.07) is 15.0. The first kappa shape index (κ1) is 17.0. The Hall–Kier alpha value is -2.82. The molecule has 1 aliphatic rings. The maximum absolute atomic E-state index is 12.0. The summed E-state index contributed by atoms with van der Waals surface area (Å²) in [6.45, 7) is 2.00. The van der Waals surface area contributed by atoms with Crippen LogP contribution in [0.5, 0.6) is 0 Å². The molecule has 3 rings (SSSR count). The third kappa shape index (κ3) is 3.50. The van der Waals surface area contributed by atoms with E-state index in [-0.39, 0.29) is 12.5 Å². The van der Waals surface area contributed by atoms with Crippen molar-refractivity contribution < 1.29 is 19.7 Å². The Labute approximate surface area is 146 Å². The molecule has 1 N–H and O–H groups in total. The van der Waals surface area contributed by atoms with Gasteiger partial charge in [0.25, 0.3) is 0 Å². The Morgan fingerprint density at radius 1 is 1.16 bits per heavy atom. The number of hydrogen-bond acceptors (Lipinski definition) is 4. The summed E-state index contributed by atoms with van der Waals surface area (Å²) < 4.78 is 5.30. The van der Waals surface area contributed by atoms with Gasteiger partial charge in [-0.25, -0.2) is 4.79 Å². The zero-order chi connectivity index (χ0) is 17.8. The van der Waals surface area contributed by atoms with Crippen LogP contribution in [0.15, 0.2) is 53.5 Å². The van der Waals surface area contributed by atoms with Gasteiger partial charge in [0.15, 0.2) is 0 Å². The standard InChI is InChI=1S/C20H21NO4/c1-2-7-18(19(22)23)21-20(24)25-12-17-15-10-5-3-8-13(15)14-9-4-6-11-16(14)17/h3-6,8-11,17-18H,2,7,12H2,1H3,(H,21,24)(H,22,23)/p-1/t18-/m0/s1. The molecule has 0 fully saturated rings. The van der Waals surface area contributed by atoms with E-state index >= 15 is 0 Å². The second kappa shape index (κ2) is 7.38. The Bertz CT molecular complexity index is 754. The van der Waals surface area contributed by atoms with Crippen molar-refractivity contribution in [2.75, 3.05) is 6.61 Å². The fourth-order valence-corrected chi connectivity index (χ4v) is 3.28. The first-order chi connectivity index (χ1) is 12.1. The van der Waals surface area contributed by atoms with Gasteiger partial charge in [0.1, 0.15) is 12.1 Å². The number of ether oxygens (including phenoxy) is 1. The highest BCUT2D eigenvalue weighted by molar-refractivity contribution is 5.79. The summed E-state index contributed by atoms with van der Waals surface area (Å²) >= 11 is 0. The van der Waals surface area contributed by atoms with E-state index in [4.69, 9.17) is 9.84 Å². The smallest absolute Gasteiger partial charge is 0.328 e. The third-order valence-corrected chi connectivity index (χ3v) is 4.44. The molecule has 5 heteroatoms. The minimum absolute atomic E-state index is 0.0546.